The second kappa shape index (κ2) is 10.1. The number of ether oxygens (including phenoxy) is 1. The standard InChI is InChI=1S/C24H26FN5O4S/c1-24(2,3)28-22(32)19(13-5-11-16(34-4)12-6-13)30(15-9-7-14(25)8-10-15)23(33)20-17(26)18(21(27)31)29-35-20/h5-12,19H,26H2,1-4H3,(H2,27,31)(H,28,32). The Kier molecular flexibility index (Phi) is 7.39. The van der Waals surface area contributed by atoms with E-state index in [4.69, 9.17) is 16.2 Å². The Labute approximate surface area is 206 Å². The molecule has 1 unspecified atom stereocenters. The second-order valence-corrected chi connectivity index (χ2v) is 9.48. The maximum absolute atomic E-state index is 13.9. The van der Waals surface area contributed by atoms with E-state index in [1.165, 1.54) is 36.3 Å². The van der Waals surface area contributed by atoms with E-state index in [0.29, 0.717) is 22.8 Å². The van der Waals surface area contributed by atoms with E-state index in [2.05, 4.69) is 9.69 Å². The molecule has 5 N–H and O–H groups in total. The number of nitrogens with zero attached hydrogens (tertiary/aromatic N) is 2. The maximum Gasteiger partial charge on any atom is 0.273 e. The van der Waals surface area contributed by atoms with Gasteiger partial charge in [-0.1, -0.05) is 12.1 Å². The molecule has 0 saturated carbocycles. The van der Waals surface area contributed by atoms with Crippen LogP contribution in [0.1, 0.15) is 52.5 Å². The fraction of sp³-hybridized carbons (Fsp3) is 0.250. The van der Waals surface area contributed by atoms with Gasteiger partial charge in [0.1, 0.15) is 22.5 Å². The van der Waals surface area contributed by atoms with Crippen LogP contribution in [0, 0.1) is 5.82 Å². The molecule has 0 aliphatic rings. The molecule has 9 nitrogen and oxygen atoms in total. The van der Waals surface area contributed by atoms with Gasteiger partial charge in [-0.25, -0.2) is 4.39 Å². The number of amides is 3. The summed E-state index contributed by atoms with van der Waals surface area (Å²) in [5.41, 5.74) is 11.0. The first-order valence-corrected chi connectivity index (χ1v) is 11.3. The van der Waals surface area contributed by atoms with E-state index in [1.54, 1.807) is 45.0 Å². The molecule has 0 spiro atoms. The summed E-state index contributed by atoms with van der Waals surface area (Å²) in [6, 6.07) is 10.5. The normalized spacial score (nSPS) is 12.0. The number of nitrogen functional groups attached to an aromatic ring is 1. The summed E-state index contributed by atoms with van der Waals surface area (Å²) >= 11 is 0.689. The Balaban J connectivity index is 2.22. The summed E-state index contributed by atoms with van der Waals surface area (Å²) in [7, 11) is 1.51. The number of carbonyl (C=O) groups is 3. The summed E-state index contributed by atoms with van der Waals surface area (Å²) in [6.07, 6.45) is 0. The highest BCUT2D eigenvalue weighted by Gasteiger charge is 2.37. The van der Waals surface area contributed by atoms with Gasteiger partial charge in [0.15, 0.2) is 5.69 Å². The molecule has 2 aromatic carbocycles. The number of nitrogens with one attached hydrogen (secondary N) is 1. The summed E-state index contributed by atoms with van der Waals surface area (Å²) in [4.78, 5) is 40.2. The molecule has 184 valence electrons. The Morgan fingerprint density at radius 2 is 1.69 bits per heavy atom. The number of nitrogens with two attached hydrogens (primary N) is 2. The molecule has 1 atom stereocenters. The van der Waals surface area contributed by atoms with E-state index in [9.17, 15) is 18.8 Å². The monoisotopic (exact) mass is 499 g/mol. The van der Waals surface area contributed by atoms with E-state index < -0.39 is 35.1 Å². The zero-order chi connectivity index (χ0) is 25.9. The minimum absolute atomic E-state index is 0.0785. The fourth-order valence-electron chi connectivity index (χ4n) is 3.37. The topological polar surface area (TPSA) is 141 Å². The van der Waals surface area contributed by atoms with E-state index >= 15 is 0 Å². The molecule has 3 aromatic rings. The lowest BCUT2D eigenvalue weighted by Gasteiger charge is -2.33. The molecule has 3 rings (SSSR count). The predicted octanol–water partition coefficient (Wildman–Crippen LogP) is 3.27. The van der Waals surface area contributed by atoms with E-state index in [-0.39, 0.29) is 21.9 Å². The van der Waals surface area contributed by atoms with Crippen molar-refractivity contribution < 1.29 is 23.5 Å². The number of aromatic nitrogens is 1. The van der Waals surface area contributed by atoms with Gasteiger partial charge in [-0.2, -0.15) is 4.37 Å². The smallest absolute Gasteiger partial charge is 0.273 e. The first-order valence-electron chi connectivity index (χ1n) is 10.5. The Morgan fingerprint density at radius 3 is 2.17 bits per heavy atom. The number of rotatable bonds is 7. The molecule has 35 heavy (non-hydrogen) atoms. The minimum atomic E-state index is -1.18. The van der Waals surface area contributed by atoms with Gasteiger partial charge in [0, 0.05) is 11.2 Å². The fourth-order valence-corrected chi connectivity index (χ4v) is 4.11. The van der Waals surface area contributed by atoms with Crippen molar-refractivity contribution >= 4 is 40.6 Å². The Hall–Kier alpha value is -3.99. The zero-order valence-electron chi connectivity index (χ0n) is 19.7. The zero-order valence-corrected chi connectivity index (χ0v) is 20.5. The number of carbonyl (C=O) groups excluding carboxylic acids is 3. The quantitative estimate of drug-likeness (QED) is 0.456. The molecule has 3 amide bonds. The highest BCUT2D eigenvalue weighted by atomic mass is 32.1. The third-order valence-corrected chi connectivity index (χ3v) is 5.77. The third kappa shape index (κ3) is 5.75. The molecular formula is C24H26FN5O4S. The number of anilines is 2. The van der Waals surface area contributed by atoms with Crippen molar-refractivity contribution in [2.45, 2.75) is 32.4 Å². The van der Waals surface area contributed by atoms with Gasteiger partial charge in [-0.05, 0) is 74.3 Å². The molecule has 0 saturated heterocycles. The second-order valence-electron chi connectivity index (χ2n) is 8.70. The average molecular weight is 500 g/mol. The molecular weight excluding hydrogens is 473 g/mol. The summed E-state index contributed by atoms with van der Waals surface area (Å²) in [5, 5.41) is 2.90. The maximum atomic E-state index is 13.9. The molecule has 1 aromatic heterocycles. The SMILES string of the molecule is COc1ccc(C(C(=O)NC(C)(C)C)N(C(=O)c2snc(C(N)=O)c2N)c2ccc(F)cc2)cc1. The van der Waals surface area contributed by atoms with Crippen LogP contribution in [-0.4, -0.2) is 34.7 Å². The van der Waals surface area contributed by atoms with Crippen LogP contribution in [0.2, 0.25) is 0 Å². The molecule has 0 radical (unpaired) electrons. The van der Waals surface area contributed by atoms with Crippen LogP contribution >= 0.6 is 11.5 Å². The molecule has 1 heterocycles. The number of hydrogen-bond donors (Lipinski definition) is 3. The van der Waals surface area contributed by atoms with Gasteiger partial charge in [0.25, 0.3) is 11.8 Å². The van der Waals surface area contributed by atoms with Crippen LogP contribution in [0.4, 0.5) is 15.8 Å². The predicted molar refractivity (Wildman–Crippen MR) is 132 cm³/mol. The van der Waals surface area contributed by atoms with Crippen LogP contribution in [0.25, 0.3) is 0 Å². The Morgan fingerprint density at radius 1 is 1.09 bits per heavy atom. The van der Waals surface area contributed by atoms with Crippen LogP contribution in [0.3, 0.4) is 0 Å². The van der Waals surface area contributed by atoms with Gasteiger partial charge in [0.2, 0.25) is 5.91 Å². The van der Waals surface area contributed by atoms with Crippen molar-refractivity contribution in [3.8, 4) is 5.75 Å². The van der Waals surface area contributed by atoms with Crippen molar-refractivity contribution in [2.24, 2.45) is 5.73 Å². The van der Waals surface area contributed by atoms with E-state index in [0.717, 1.165) is 0 Å². The molecule has 0 aliphatic carbocycles. The van der Waals surface area contributed by atoms with Crippen molar-refractivity contribution in [1.29, 1.82) is 0 Å². The summed E-state index contributed by atoms with van der Waals surface area (Å²) in [6.45, 7) is 5.42. The average Bonchev–Trinajstić information content (AvgIpc) is 3.18. The highest BCUT2D eigenvalue weighted by Crippen LogP contribution is 2.34. The van der Waals surface area contributed by atoms with Crippen molar-refractivity contribution in [3.05, 3.63) is 70.5 Å². The van der Waals surface area contributed by atoms with Crippen LogP contribution < -0.4 is 26.4 Å². The molecule has 11 heteroatoms. The number of hydrogen-bond acceptors (Lipinski definition) is 7. The third-order valence-electron chi connectivity index (χ3n) is 4.92. The van der Waals surface area contributed by atoms with E-state index in [1.807, 2.05) is 0 Å². The number of benzene rings is 2. The number of halogens is 1. The largest absolute Gasteiger partial charge is 0.497 e. The number of primary amides is 1. The molecule has 0 fully saturated rings. The van der Waals surface area contributed by atoms with Crippen LogP contribution in [0.5, 0.6) is 5.75 Å². The van der Waals surface area contributed by atoms with Crippen LogP contribution in [0.15, 0.2) is 48.5 Å². The lowest BCUT2D eigenvalue weighted by molar-refractivity contribution is -0.123. The van der Waals surface area contributed by atoms with Gasteiger partial charge >= 0.3 is 0 Å². The number of methoxy groups -OCH3 is 1. The van der Waals surface area contributed by atoms with Crippen molar-refractivity contribution in [3.63, 3.8) is 0 Å². The van der Waals surface area contributed by atoms with Crippen LogP contribution in [-0.2, 0) is 4.79 Å². The van der Waals surface area contributed by atoms with Gasteiger partial charge in [-0.15, -0.1) is 0 Å². The molecule has 0 aliphatic heterocycles. The summed E-state index contributed by atoms with van der Waals surface area (Å²) in [5.74, 6) is -2.04. The lowest BCUT2D eigenvalue weighted by Crippen LogP contribution is -2.49. The first kappa shape index (κ1) is 25.6. The minimum Gasteiger partial charge on any atom is -0.497 e. The molecule has 0 bridgehead atoms. The van der Waals surface area contributed by atoms with Gasteiger partial charge in [0.05, 0.1) is 12.8 Å². The van der Waals surface area contributed by atoms with Gasteiger partial charge in [-0.3, -0.25) is 19.3 Å². The highest BCUT2D eigenvalue weighted by molar-refractivity contribution is 7.09. The van der Waals surface area contributed by atoms with Gasteiger partial charge < -0.3 is 21.5 Å². The lowest BCUT2D eigenvalue weighted by atomic mass is 10.00. The Bertz CT molecular complexity index is 1240. The van der Waals surface area contributed by atoms with Crippen molar-refractivity contribution in [2.75, 3.05) is 17.7 Å². The van der Waals surface area contributed by atoms with Crippen molar-refractivity contribution in [1.82, 2.24) is 9.69 Å². The first-order chi connectivity index (χ1) is 16.4. The summed E-state index contributed by atoms with van der Waals surface area (Å²) < 4.78 is 22.9.